The van der Waals surface area contributed by atoms with E-state index in [1.165, 1.54) is 19.3 Å². The van der Waals surface area contributed by atoms with Crippen molar-refractivity contribution in [3.8, 4) is 0 Å². The first-order valence-corrected chi connectivity index (χ1v) is 7.74. The summed E-state index contributed by atoms with van der Waals surface area (Å²) in [6.45, 7) is 5.05. The Morgan fingerprint density at radius 1 is 1.15 bits per heavy atom. The summed E-state index contributed by atoms with van der Waals surface area (Å²) < 4.78 is 7.35. The van der Waals surface area contributed by atoms with E-state index in [0.717, 1.165) is 43.4 Å². The van der Waals surface area contributed by atoms with Crippen molar-refractivity contribution < 1.29 is 4.42 Å². The summed E-state index contributed by atoms with van der Waals surface area (Å²) in [7, 11) is 0. The number of hydrogen-bond acceptors (Lipinski definition) is 3. The molecule has 4 heteroatoms. The highest BCUT2D eigenvalue weighted by molar-refractivity contribution is 5.72. The maximum Gasteiger partial charge on any atom is 0.350 e. The highest BCUT2D eigenvalue weighted by Crippen LogP contribution is 2.18. The second kappa shape index (κ2) is 7.27. The molecule has 0 bridgehead atoms. The molecule has 0 aromatic carbocycles. The minimum atomic E-state index is -0.210. The van der Waals surface area contributed by atoms with Gasteiger partial charge in [0.05, 0.1) is 5.39 Å². The second-order valence-electron chi connectivity index (χ2n) is 5.35. The van der Waals surface area contributed by atoms with Gasteiger partial charge in [-0.2, -0.15) is 4.98 Å². The molecule has 110 valence electrons. The molecule has 2 aromatic rings. The van der Waals surface area contributed by atoms with Crippen LogP contribution in [0.25, 0.3) is 11.1 Å². The van der Waals surface area contributed by atoms with E-state index in [1.807, 2.05) is 12.3 Å². The average Bonchev–Trinajstić information content (AvgIpc) is 2.82. The maximum atomic E-state index is 11.8. The molecule has 0 fully saturated rings. The normalized spacial score (nSPS) is 11.3. The van der Waals surface area contributed by atoms with E-state index < -0.39 is 0 Å². The highest BCUT2D eigenvalue weighted by Gasteiger charge is 2.08. The lowest BCUT2D eigenvalue weighted by atomic mass is 10.1. The fraction of sp³-hybridized carbons (Fsp3) is 0.625. The largest absolute Gasteiger partial charge is 0.443 e. The lowest BCUT2D eigenvalue weighted by Crippen LogP contribution is -2.21. The summed E-state index contributed by atoms with van der Waals surface area (Å²) in [5, 5.41) is 0.936. The SMILES string of the molecule is CCCCCCc1cc2cn(CCCC)c(=O)nc2o1. The van der Waals surface area contributed by atoms with E-state index in [0.29, 0.717) is 5.71 Å². The second-order valence-corrected chi connectivity index (χ2v) is 5.35. The summed E-state index contributed by atoms with van der Waals surface area (Å²) in [5.41, 5.74) is 0.270. The molecule has 2 heterocycles. The van der Waals surface area contributed by atoms with Crippen LogP contribution in [0.4, 0.5) is 0 Å². The van der Waals surface area contributed by atoms with E-state index in [-0.39, 0.29) is 5.69 Å². The fourth-order valence-electron chi connectivity index (χ4n) is 2.34. The fourth-order valence-corrected chi connectivity index (χ4v) is 2.34. The molecule has 0 unspecified atom stereocenters. The molecule has 0 radical (unpaired) electrons. The Morgan fingerprint density at radius 2 is 1.95 bits per heavy atom. The van der Waals surface area contributed by atoms with E-state index in [4.69, 9.17) is 4.42 Å². The van der Waals surface area contributed by atoms with Crippen LogP contribution >= 0.6 is 0 Å². The number of unbranched alkanes of at least 4 members (excludes halogenated alkanes) is 4. The van der Waals surface area contributed by atoms with Crippen LogP contribution in [0.1, 0.15) is 58.1 Å². The molecule has 0 spiro atoms. The van der Waals surface area contributed by atoms with Crippen LogP contribution in [0.3, 0.4) is 0 Å². The standard InChI is InChI=1S/C16H24N2O2/c1-3-5-7-8-9-14-11-13-12-18(10-6-4-2)16(19)17-15(13)20-14/h11-12H,3-10H2,1-2H3. The van der Waals surface area contributed by atoms with Gasteiger partial charge in [-0.15, -0.1) is 0 Å². The average molecular weight is 276 g/mol. The zero-order valence-electron chi connectivity index (χ0n) is 12.5. The molecule has 0 saturated carbocycles. The number of fused-ring (bicyclic) bond motifs is 1. The first-order chi connectivity index (χ1) is 9.74. The predicted molar refractivity (Wildman–Crippen MR) is 81.0 cm³/mol. The monoisotopic (exact) mass is 276 g/mol. The molecule has 0 amide bonds. The van der Waals surface area contributed by atoms with Crippen molar-refractivity contribution in [2.75, 3.05) is 0 Å². The Morgan fingerprint density at radius 3 is 2.70 bits per heavy atom. The Labute approximate surface area is 119 Å². The van der Waals surface area contributed by atoms with Gasteiger partial charge in [0.25, 0.3) is 0 Å². The topological polar surface area (TPSA) is 48.0 Å². The molecule has 0 N–H and O–H groups in total. The molecule has 4 nitrogen and oxygen atoms in total. The maximum absolute atomic E-state index is 11.8. The van der Waals surface area contributed by atoms with Crippen molar-refractivity contribution in [2.24, 2.45) is 0 Å². The highest BCUT2D eigenvalue weighted by atomic mass is 16.3. The number of furan rings is 1. The molecular formula is C16H24N2O2. The van der Waals surface area contributed by atoms with Crippen LogP contribution in [0.15, 0.2) is 21.5 Å². The number of aryl methyl sites for hydroxylation is 2. The quantitative estimate of drug-likeness (QED) is 0.687. The third-order valence-corrected chi connectivity index (χ3v) is 3.56. The lowest BCUT2D eigenvalue weighted by Gasteiger charge is -2.01. The molecule has 0 aliphatic carbocycles. The van der Waals surface area contributed by atoms with Gasteiger partial charge in [0.2, 0.25) is 5.71 Å². The predicted octanol–water partition coefficient (Wildman–Crippen LogP) is 3.91. The van der Waals surface area contributed by atoms with Crippen LogP contribution < -0.4 is 5.69 Å². The van der Waals surface area contributed by atoms with Gasteiger partial charge in [0, 0.05) is 19.2 Å². The summed E-state index contributed by atoms with van der Waals surface area (Å²) in [6.07, 6.45) is 9.73. The lowest BCUT2D eigenvalue weighted by molar-refractivity contribution is 0.515. The van der Waals surface area contributed by atoms with E-state index >= 15 is 0 Å². The molecule has 2 aromatic heterocycles. The Balaban J connectivity index is 2.10. The first kappa shape index (κ1) is 14.8. The van der Waals surface area contributed by atoms with Crippen molar-refractivity contribution in [3.63, 3.8) is 0 Å². The summed E-state index contributed by atoms with van der Waals surface area (Å²) in [4.78, 5) is 15.9. The number of rotatable bonds is 8. The molecule has 0 aliphatic rings. The van der Waals surface area contributed by atoms with Crippen LogP contribution in [-0.2, 0) is 13.0 Å². The van der Waals surface area contributed by atoms with Gasteiger partial charge < -0.3 is 4.42 Å². The number of hydrogen-bond donors (Lipinski definition) is 0. The van der Waals surface area contributed by atoms with Gasteiger partial charge in [0.15, 0.2) is 0 Å². The van der Waals surface area contributed by atoms with Crippen molar-refractivity contribution in [3.05, 3.63) is 28.5 Å². The zero-order valence-corrected chi connectivity index (χ0v) is 12.5. The Hall–Kier alpha value is -1.58. The third-order valence-electron chi connectivity index (χ3n) is 3.56. The van der Waals surface area contributed by atoms with Crippen molar-refractivity contribution in [1.29, 1.82) is 0 Å². The molecule has 0 aliphatic heterocycles. The van der Waals surface area contributed by atoms with E-state index in [1.54, 1.807) is 4.57 Å². The summed E-state index contributed by atoms with van der Waals surface area (Å²) >= 11 is 0. The summed E-state index contributed by atoms with van der Waals surface area (Å²) in [5.74, 6) is 0.941. The molecule has 0 atom stereocenters. The van der Waals surface area contributed by atoms with Gasteiger partial charge in [-0.25, -0.2) is 4.79 Å². The Bertz CT molecular complexity index is 598. The minimum absolute atomic E-state index is 0.210. The molecule has 0 saturated heterocycles. The van der Waals surface area contributed by atoms with Crippen LogP contribution in [0.2, 0.25) is 0 Å². The minimum Gasteiger partial charge on any atom is -0.443 e. The van der Waals surface area contributed by atoms with Gasteiger partial charge >= 0.3 is 5.69 Å². The van der Waals surface area contributed by atoms with Crippen molar-refractivity contribution in [2.45, 2.75) is 65.3 Å². The van der Waals surface area contributed by atoms with Gasteiger partial charge in [-0.05, 0) is 18.9 Å². The molecule has 2 rings (SSSR count). The van der Waals surface area contributed by atoms with Gasteiger partial charge in [0.1, 0.15) is 5.76 Å². The third kappa shape index (κ3) is 3.71. The van der Waals surface area contributed by atoms with E-state index in [2.05, 4.69) is 18.8 Å². The van der Waals surface area contributed by atoms with Crippen molar-refractivity contribution >= 4 is 11.1 Å². The van der Waals surface area contributed by atoms with Crippen LogP contribution in [-0.4, -0.2) is 9.55 Å². The smallest absolute Gasteiger partial charge is 0.350 e. The number of nitrogens with zero attached hydrogens (tertiary/aromatic N) is 2. The number of aromatic nitrogens is 2. The molecular weight excluding hydrogens is 252 g/mol. The first-order valence-electron chi connectivity index (χ1n) is 7.74. The molecule has 20 heavy (non-hydrogen) atoms. The van der Waals surface area contributed by atoms with Crippen LogP contribution in [0, 0.1) is 0 Å². The summed E-state index contributed by atoms with van der Waals surface area (Å²) in [6, 6.07) is 2.02. The Kier molecular flexibility index (Phi) is 5.39. The van der Waals surface area contributed by atoms with Gasteiger partial charge in [-0.3, -0.25) is 4.57 Å². The van der Waals surface area contributed by atoms with Crippen molar-refractivity contribution in [1.82, 2.24) is 9.55 Å². The van der Waals surface area contributed by atoms with Gasteiger partial charge in [-0.1, -0.05) is 39.5 Å². The zero-order chi connectivity index (χ0) is 14.4. The van der Waals surface area contributed by atoms with E-state index in [9.17, 15) is 4.79 Å². The van der Waals surface area contributed by atoms with Crippen LogP contribution in [0.5, 0.6) is 0 Å².